The van der Waals surface area contributed by atoms with Gasteiger partial charge in [0.1, 0.15) is 40.7 Å². The van der Waals surface area contributed by atoms with E-state index in [4.69, 9.17) is 35.3 Å². The van der Waals surface area contributed by atoms with Gasteiger partial charge in [-0.1, -0.05) is 42.3 Å². The fraction of sp³-hybridized carbons (Fsp3) is 0.646. The molecule has 4 heterocycles. The predicted octanol–water partition coefficient (Wildman–Crippen LogP) is 4.32. The molecule has 18 nitrogen and oxygen atoms in total. The van der Waals surface area contributed by atoms with Gasteiger partial charge in [0.15, 0.2) is 5.72 Å². The van der Waals surface area contributed by atoms with Crippen LogP contribution in [0.15, 0.2) is 35.9 Å². The van der Waals surface area contributed by atoms with E-state index < -0.39 is 76.8 Å². The molecule has 4 aliphatic heterocycles. The van der Waals surface area contributed by atoms with Gasteiger partial charge < -0.3 is 43.9 Å². The lowest BCUT2D eigenvalue weighted by molar-refractivity contribution is -0.162. The second-order valence-corrected chi connectivity index (χ2v) is 20.6. The van der Waals surface area contributed by atoms with Crippen LogP contribution in [0.4, 0.5) is 10.5 Å². The molecule has 0 aromatic heterocycles. The number of methoxy groups -OCH3 is 2. The number of likely N-dealkylation sites (N-methyl/N-ethyl adjacent to an activating group) is 1. The van der Waals surface area contributed by atoms with E-state index in [9.17, 15) is 38.7 Å². The number of halogens is 1. The Kier molecular flexibility index (Phi) is 17.0. The van der Waals surface area contributed by atoms with Crippen molar-refractivity contribution in [2.75, 3.05) is 52.6 Å². The Labute approximate surface area is 407 Å². The number of benzene rings is 1. The molecule has 68 heavy (non-hydrogen) atoms. The summed E-state index contributed by atoms with van der Waals surface area (Å²) in [6.45, 7) is 7.19. The quantitative estimate of drug-likeness (QED) is 0.151. The zero-order chi connectivity index (χ0) is 49.8. The van der Waals surface area contributed by atoms with Crippen LogP contribution in [0.25, 0.3) is 0 Å². The molecule has 9 atom stereocenters. The van der Waals surface area contributed by atoms with E-state index in [1.807, 2.05) is 13.0 Å². The van der Waals surface area contributed by atoms with Gasteiger partial charge in [0, 0.05) is 71.6 Å². The van der Waals surface area contributed by atoms with Crippen LogP contribution in [0.1, 0.15) is 84.6 Å². The average Bonchev–Trinajstić information content (AvgIpc) is 3.94. The summed E-state index contributed by atoms with van der Waals surface area (Å²) < 4.78 is 29.4. The Morgan fingerprint density at radius 2 is 1.81 bits per heavy atom. The molecule has 1 unspecified atom stereocenters. The number of hydrogen-bond donors (Lipinski definition) is 3. The number of imide groups is 1. The molecule has 4 bridgehead atoms. The molecule has 1 saturated carbocycles. The molecule has 1 aromatic carbocycles. The van der Waals surface area contributed by atoms with Gasteiger partial charge in [0.25, 0.3) is 0 Å². The summed E-state index contributed by atoms with van der Waals surface area (Å²) in [4.78, 5) is 97.2. The van der Waals surface area contributed by atoms with Crippen LogP contribution < -0.4 is 20.3 Å². The molecule has 0 spiro atoms. The van der Waals surface area contributed by atoms with Gasteiger partial charge in [-0.15, -0.1) is 11.8 Å². The fourth-order valence-corrected chi connectivity index (χ4v) is 11.1. The molecule has 0 radical (unpaired) electrons. The monoisotopic (exact) mass is 987 g/mol. The number of epoxide rings is 1. The van der Waals surface area contributed by atoms with Crippen LogP contribution in [0.2, 0.25) is 5.02 Å². The van der Waals surface area contributed by atoms with Gasteiger partial charge >= 0.3 is 12.1 Å². The number of carbonyl (C=O) groups is 7. The van der Waals surface area contributed by atoms with Crippen LogP contribution in [-0.4, -0.2) is 151 Å². The van der Waals surface area contributed by atoms with Crippen molar-refractivity contribution in [1.82, 2.24) is 20.4 Å². The van der Waals surface area contributed by atoms with Crippen molar-refractivity contribution < 1.29 is 62.4 Å². The highest BCUT2D eigenvalue weighted by Crippen LogP contribution is 2.49. The Bertz CT molecular complexity index is 2180. The smallest absolute Gasteiger partial charge is 0.409 e. The molecular formula is C48H66ClN5O13S. The number of aliphatic hydroxyl groups is 1. The van der Waals surface area contributed by atoms with Crippen LogP contribution in [-0.2, 0) is 54.1 Å². The lowest BCUT2D eigenvalue weighted by Crippen LogP contribution is -2.63. The molecule has 3 N–H and O–H groups in total. The topological polar surface area (TPSA) is 223 Å². The van der Waals surface area contributed by atoms with Gasteiger partial charge in [-0.2, -0.15) is 0 Å². The number of nitrogens with zero attached hydrogens (tertiary/aromatic N) is 3. The predicted molar refractivity (Wildman–Crippen MR) is 253 cm³/mol. The van der Waals surface area contributed by atoms with Crippen molar-refractivity contribution in [1.29, 1.82) is 0 Å². The number of likely N-dealkylation sites (tertiary alicyclic amines) is 1. The zero-order valence-corrected chi connectivity index (χ0v) is 41.9. The number of alkyl carbamates (subject to hydrolysis) is 1. The maximum absolute atomic E-state index is 14.3. The van der Waals surface area contributed by atoms with E-state index in [1.54, 1.807) is 52.2 Å². The summed E-state index contributed by atoms with van der Waals surface area (Å²) in [6.07, 6.45) is 3.39. The van der Waals surface area contributed by atoms with Gasteiger partial charge in [0.05, 0.1) is 30.6 Å². The minimum atomic E-state index is -1.87. The first-order chi connectivity index (χ1) is 32.1. The highest BCUT2D eigenvalue weighted by Gasteiger charge is 2.64. The summed E-state index contributed by atoms with van der Waals surface area (Å²) in [7, 11) is 7.52. The number of rotatable bonds is 12. The van der Waals surface area contributed by atoms with Crippen LogP contribution in [0, 0.1) is 17.8 Å². The number of fused-ring (bicyclic) bond motifs is 5. The van der Waals surface area contributed by atoms with E-state index in [-0.39, 0.29) is 66.0 Å². The van der Waals surface area contributed by atoms with E-state index in [2.05, 4.69) is 10.6 Å². The minimum Gasteiger partial charge on any atom is -0.495 e. The van der Waals surface area contributed by atoms with E-state index >= 15 is 0 Å². The molecule has 6 rings (SSSR count). The Balaban J connectivity index is 1.15. The van der Waals surface area contributed by atoms with Crippen molar-refractivity contribution in [3.8, 4) is 5.75 Å². The molecule has 374 valence electrons. The number of thioether (sulfide) groups is 1. The van der Waals surface area contributed by atoms with E-state index in [0.717, 1.165) is 24.0 Å². The summed E-state index contributed by atoms with van der Waals surface area (Å²) in [6, 6.07) is 2.43. The van der Waals surface area contributed by atoms with Crippen molar-refractivity contribution in [2.24, 2.45) is 17.8 Å². The molecule has 5 aliphatic rings. The standard InChI is InChI=1S/C48H66ClN5O13S/c1-26-11-10-12-36(64-9)48(62)24-34(65-46(61)51-48)27(2)42-47(4,67-42)37(23-39(56)53(7)32-20-30(19-26)21-33(63-8)41(32)49)66-45(60)28(3)52(6)38(55)17-18-68-35-22-40(57)54(44(35)59)25-29-13-15-31(16-14-29)43(58)50-5/h10-12,20-21,27-29,31,34-37,42,62H,13-19,22-25H2,1-9H3,(H,50,58)(H,51,61)/b12-10+,26-11+/t27-,28-,29?,31?,34+,35?,36-,37+,42+,47+,48+/m1/s1. The van der Waals surface area contributed by atoms with Crippen molar-refractivity contribution >= 4 is 70.6 Å². The molecule has 1 aromatic rings. The Morgan fingerprint density at radius 3 is 2.47 bits per heavy atom. The lowest BCUT2D eigenvalue weighted by Gasteiger charge is -2.42. The number of allylic oxidation sites excluding steroid dienone is 3. The second-order valence-electron chi connectivity index (χ2n) is 18.9. The van der Waals surface area contributed by atoms with Gasteiger partial charge in [-0.3, -0.25) is 34.2 Å². The Hall–Kier alpha value is -4.69. The van der Waals surface area contributed by atoms with Crippen LogP contribution in [0.3, 0.4) is 0 Å². The van der Waals surface area contributed by atoms with Crippen LogP contribution in [0.5, 0.6) is 5.75 Å². The summed E-state index contributed by atoms with van der Waals surface area (Å²) in [5.41, 5.74) is -1.14. The number of ether oxygens (including phenoxy) is 5. The number of hydrogen-bond acceptors (Lipinski definition) is 14. The first-order valence-electron chi connectivity index (χ1n) is 23.2. The van der Waals surface area contributed by atoms with E-state index in [0.29, 0.717) is 37.2 Å². The number of esters is 1. The number of nitrogens with one attached hydrogen (secondary N) is 2. The first kappa shape index (κ1) is 52.7. The van der Waals surface area contributed by atoms with Crippen molar-refractivity contribution in [3.05, 3.63) is 46.5 Å². The first-order valence-corrected chi connectivity index (χ1v) is 24.6. The molecular weight excluding hydrogens is 922 g/mol. The van der Waals surface area contributed by atoms with E-state index in [1.165, 1.54) is 54.7 Å². The number of anilines is 1. The maximum Gasteiger partial charge on any atom is 0.409 e. The van der Waals surface area contributed by atoms with Crippen molar-refractivity contribution in [2.45, 2.75) is 133 Å². The molecule has 6 amide bonds. The van der Waals surface area contributed by atoms with Crippen molar-refractivity contribution in [3.63, 3.8) is 0 Å². The third-order valence-corrected chi connectivity index (χ3v) is 15.9. The van der Waals surface area contributed by atoms with Gasteiger partial charge in [-0.05, 0) is 76.5 Å². The minimum absolute atomic E-state index is 0.0137. The summed E-state index contributed by atoms with van der Waals surface area (Å²) >= 11 is 8.03. The third-order valence-electron chi connectivity index (χ3n) is 14.3. The largest absolute Gasteiger partial charge is 0.495 e. The summed E-state index contributed by atoms with van der Waals surface area (Å²) in [5, 5.41) is 16.6. The van der Waals surface area contributed by atoms with Gasteiger partial charge in [-0.25, -0.2) is 9.59 Å². The average molecular weight is 989 g/mol. The molecule has 3 saturated heterocycles. The van der Waals surface area contributed by atoms with Gasteiger partial charge in [0.2, 0.25) is 29.5 Å². The number of amides is 6. The molecule has 4 fully saturated rings. The normalized spacial score (nSPS) is 32.7. The molecule has 20 heteroatoms. The number of carbonyl (C=O) groups excluding carboxylic acids is 7. The Morgan fingerprint density at radius 1 is 1.10 bits per heavy atom. The second kappa shape index (κ2) is 21.9. The maximum atomic E-state index is 14.3. The molecule has 1 aliphatic carbocycles. The summed E-state index contributed by atoms with van der Waals surface area (Å²) in [5.74, 6) is -2.17. The third kappa shape index (κ3) is 11.7. The van der Waals surface area contributed by atoms with Crippen LogP contribution >= 0.6 is 23.4 Å². The fourth-order valence-electron chi connectivity index (χ4n) is 9.73. The SMILES string of the molecule is CNC(=O)C1CCC(CN2C(=O)CC(SCCC(=O)N(C)[C@H](C)C(=O)O[C@H]3CC(=O)N(C)c4cc(cc(OC)c4Cl)C/C(C)=C/C=C/[C@@H](OC)[C@@]4(O)C[C@H](OC(=O)N4)[C@@H](C)[C@@H]4O[C@@]34C)C2=O)CC1. The highest BCUT2D eigenvalue weighted by atomic mass is 35.5. The zero-order valence-electron chi connectivity index (χ0n) is 40.3. The highest BCUT2D eigenvalue weighted by molar-refractivity contribution is 8.00. The lowest BCUT2D eigenvalue weighted by atomic mass is 9.81.